The second-order valence-electron chi connectivity index (χ2n) is 8.88. The van der Waals surface area contributed by atoms with Gasteiger partial charge < -0.3 is 14.7 Å². The number of sulfonamides is 1. The van der Waals surface area contributed by atoms with E-state index in [2.05, 4.69) is 0 Å². The number of amides is 1. The van der Waals surface area contributed by atoms with Crippen LogP contribution in [-0.2, 0) is 24.3 Å². The molecular formula is C26H29ClN2O6S. The lowest BCUT2D eigenvalue weighted by Gasteiger charge is -2.26. The van der Waals surface area contributed by atoms with Gasteiger partial charge in [0.25, 0.3) is 11.7 Å². The fourth-order valence-electron chi connectivity index (χ4n) is 4.71. The maximum atomic E-state index is 13.1. The Kier molecular flexibility index (Phi) is 8.14. The van der Waals surface area contributed by atoms with E-state index in [1.54, 1.807) is 31.4 Å². The summed E-state index contributed by atoms with van der Waals surface area (Å²) in [6.45, 7) is 1.62. The van der Waals surface area contributed by atoms with E-state index in [-0.39, 0.29) is 28.3 Å². The summed E-state index contributed by atoms with van der Waals surface area (Å²) in [5, 5.41) is 11.6. The van der Waals surface area contributed by atoms with Crippen LogP contribution in [0, 0.1) is 0 Å². The van der Waals surface area contributed by atoms with Crippen LogP contribution < -0.4 is 0 Å². The number of hydrogen-bond donors (Lipinski definition) is 1. The Morgan fingerprint density at radius 2 is 1.78 bits per heavy atom. The maximum absolute atomic E-state index is 13.1. The van der Waals surface area contributed by atoms with E-state index < -0.39 is 27.8 Å². The van der Waals surface area contributed by atoms with Gasteiger partial charge in [0.05, 0.1) is 16.5 Å². The standard InChI is InChI=1S/C26H29ClN2O6S/c1-35-16-6-15-29-23(19-7-5-8-20(27)17-19)22(25(31)26(29)32)24(30)18-9-11-21(12-10-18)36(33,34)28-13-3-2-4-14-28/h5,7-12,17,23,30H,2-4,6,13-16H2,1H3/b24-22+/t23-/m1/s1. The van der Waals surface area contributed by atoms with Crippen molar-refractivity contribution in [3.63, 3.8) is 0 Å². The molecule has 2 fully saturated rings. The van der Waals surface area contributed by atoms with Gasteiger partial charge in [-0.25, -0.2) is 8.42 Å². The molecule has 10 heteroatoms. The molecule has 1 N–H and O–H groups in total. The molecule has 2 heterocycles. The van der Waals surface area contributed by atoms with Crippen molar-refractivity contribution in [1.29, 1.82) is 0 Å². The molecule has 2 saturated heterocycles. The number of methoxy groups -OCH3 is 1. The monoisotopic (exact) mass is 532 g/mol. The normalized spacial score (nSPS) is 20.7. The minimum Gasteiger partial charge on any atom is -0.507 e. The van der Waals surface area contributed by atoms with Crippen LogP contribution in [0.15, 0.2) is 59.0 Å². The summed E-state index contributed by atoms with van der Waals surface area (Å²) in [7, 11) is -2.09. The zero-order valence-electron chi connectivity index (χ0n) is 20.0. The molecule has 0 aromatic heterocycles. The highest BCUT2D eigenvalue weighted by molar-refractivity contribution is 7.89. The average Bonchev–Trinajstić information content (AvgIpc) is 3.14. The number of aliphatic hydroxyl groups excluding tert-OH is 1. The van der Waals surface area contributed by atoms with E-state index in [4.69, 9.17) is 16.3 Å². The summed E-state index contributed by atoms with van der Waals surface area (Å²) in [6.07, 6.45) is 3.16. The van der Waals surface area contributed by atoms with Crippen molar-refractivity contribution in [1.82, 2.24) is 9.21 Å². The number of nitrogens with zero attached hydrogens (tertiary/aromatic N) is 2. The van der Waals surface area contributed by atoms with Crippen LogP contribution in [-0.4, -0.2) is 67.8 Å². The quantitative estimate of drug-likeness (QED) is 0.239. The summed E-state index contributed by atoms with van der Waals surface area (Å²) < 4.78 is 32.5. The number of carbonyl (C=O) groups excluding carboxylic acids is 2. The smallest absolute Gasteiger partial charge is 0.295 e. The lowest BCUT2D eigenvalue weighted by molar-refractivity contribution is -0.140. The van der Waals surface area contributed by atoms with Crippen molar-refractivity contribution in [3.8, 4) is 0 Å². The van der Waals surface area contributed by atoms with Crippen molar-refractivity contribution < 1.29 is 27.9 Å². The van der Waals surface area contributed by atoms with E-state index in [9.17, 15) is 23.1 Å². The number of ketones is 1. The Balaban J connectivity index is 1.72. The molecule has 2 aliphatic rings. The molecule has 2 aromatic rings. The molecule has 1 amide bonds. The van der Waals surface area contributed by atoms with Crippen LogP contribution >= 0.6 is 11.6 Å². The van der Waals surface area contributed by atoms with Crippen molar-refractivity contribution >= 4 is 39.1 Å². The number of rotatable bonds is 8. The molecule has 2 aromatic carbocycles. The predicted molar refractivity (Wildman–Crippen MR) is 136 cm³/mol. The minimum atomic E-state index is -3.64. The average molecular weight is 533 g/mol. The number of hydrogen-bond acceptors (Lipinski definition) is 6. The van der Waals surface area contributed by atoms with Crippen LogP contribution in [0.25, 0.3) is 5.76 Å². The number of piperidine rings is 1. The Morgan fingerprint density at radius 1 is 1.08 bits per heavy atom. The Morgan fingerprint density at radius 3 is 2.42 bits per heavy atom. The first-order chi connectivity index (χ1) is 17.3. The first kappa shape index (κ1) is 26.3. The Bertz CT molecular complexity index is 1270. The SMILES string of the molecule is COCCCN1C(=O)C(=O)/C(=C(/O)c2ccc(S(=O)(=O)N3CCCCC3)cc2)[C@H]1c1cccc(Cl)c1. The summed E-state index contributed by atoms with van der Waals surface area (Å²) in [4.78, 5) is 27.6. The molecule has 0 unspecified atom stereocenters. The number of ether oxygens (including phenoxy) is 1. The third-order valence-electron chi connectivity index (χ3n) is 6.53. The molecule has 2 aliphatic heterocycles. The molecular weight excluding hydrogens is 504 g/mol. The molecule has 192 valence electrons. The van der Waals surface area contributed by atoms with E-state index in [0.717, 1.165) is 19.3 Å². The maximum Gasteiger partial charge on any atom is 0.295 e. The van der Waals surface area contributed by atoms with Crippen LogP contribution in [0.2, 0.25) is 5.02 Å². The number of aliphatic hydroxyl groups is 1. The van der Waals surface area contributed by atoms with Gasteiger partial charge in [-0.15, -0.1) is 0 Å². The van der Waals surface area contributed by atoms with Crippen LogP contribution in [0.1, 0.15) is 42.9 Å². The zero-order valence-corrected chi connectivity index (χ0v) is 21.6. The fourth-order valence-corrected chi connectivity index (χ4v) is 6.42. The van der Waals surface area contributed by atoms with Crippen LogP contribution in [0.4, 0.5) is 0 Å². The molecule has 0 bridgehead atoms. The Hall–Kier alpha value is -2.72. The molecule has 0 saturated carbocycles. The molecule has 0 aliphatic carbocycles. The number of likely N-dealkylation sites (tertiary alicyclic amines) is 1. The highest BCUT2D eigenvalue weighted by atomic mass is 35.5. The van der Waals surface area contributed by atoms with E-state index in [1.807, 2.05) is 0 Å². The van der Waals surface area contributed by atoms with E-state index in [0.29, 0.717) is 36.7 Å². The summed E-state index contributed by atoms with van der Waals surface area (Å²) >= 11 is 6.19. The molecule has 1 atom stereocenters. The van der Waals surface area contributed by atoms with Crippen LogP contribution in [0.5, 0.6) is 0 Å². The van der Waals surface area contributed by atoms with E-state index >= 15 is 0 Å². The first-order valence-electron chi connectivity index (χ1n) is 11.9. The number of benzene rings is 2. The number of halogens is 1. The van der Waals surface area contributed by atoms with Gasteiger partial charge in [-0.2, -0.15) is 4.31 Å². The van der Waals surface area contributed by atoms with Gasteiger partial charge in [0.1, 0.15) is 5.76 Å². The van der Waals surface area contributed by atoms with Crippen molar-refractivity contribution in [2.45, 2.75) is 36.6 Å². The van der Waals surface area contributed by atoms with Crippen molar-refractivity contribution in [3.05, 3.63) is 70.3 Å². The van der Waals surface area contributed by atoms with Crippen molar-refractivity contribution in [2.24, 2.45) is 0 Å². The molecule has 0 spiro atoms. The highest BCUT2D eigenvalue weighted by Crippen LogP contribution is 2.40. The summed E-state index contributed by atoms with van der Waals surface area (Å²) in [5.74, 6) is -1.89. The molecule has 0 radical (unpaired) electrons. The summed E-state index contributed by atoms with van der Waals surface area (Å²) in [5.41, 5.74) is 0.769. The van der Waals surface area contributed by atoms with Gasteiger partial charge in [0.15, 0.2) is 0 Å². The largest absolute Gasteiger partial charge is 0.507 e. The van der Waals surface area contributed by atoms with Gasteiger partial charge >= 0.3 is 0 Å². The lowest BCUT2D eigenvalue weighted by atomic mass is 9.95. The molecule has 8 nitrogen and oxygen atoms in total. The third-order valence-corrected chi connectivity index (χ3v) is 8.68. The fraction of sp³-hybridized carbons (Fsp3) is 0.385. The van der Waals surface area contributed by atoms with Gasteiger partial charge in [0.2, 0.25) is 10.0 Å². The highest BCUT2D eigenvalue weighted by Gasteiger charge is 2.45. The first-order valence-corrected chi connectivity index (χ1v) is 13.7. The molecule has 36 heavy (non-hydrogen) atoms. The van der Waals surface area contributed by atoms with Gasteiger partial charge in [-0.1, -0.05) is 30.2 Å². The molecule has 4 rings (SSSR count). The lowest BCUT2D eigenvalue weighted by Crippen LogP contribution is -2.35. The topological polar surface area (TPSA) is 104 Å². The summed E-state index contributed by atoms with van der Waals surface area (Å²) in [6, 6.07) is 11.7. The second-order valence-corrected chi connectivity index (χ2v) is 11.3. The number of carbonyl (C=O) groups is 2. The zero-order chi connectivity index (χ0) is 25.9. The second kappa shape index (κ2) is 11.1. The van der Waals surface area contributed by atoms with Gasteiger partial charge in [-0.3, -0.25) is 9.59 Å². The van der Waals surface area contributed by atoms with Crippen molar-refractivity contribution in [2.75, 3.05) is 33.4 Å². The minimum absolute atomic E-state index is 0.0636. The van der Waals surface area contributed by atoms with E-state index in [1.165, 1.54) is 33.5 Å². The third kappa shape index (κ3) is 5.20. The van der Waals surface area contributed by atoms with Crippen LogP contribution in [0.3, 0.4) is 0 Å². The predicted octanol–water partition coefficient (Wildman–Crippen LogP) is 3.97. The van der Waals surface area contributed by atoms with Gasteiger partial charge in [-0.05, 0) is 61.2 Å². The number of Topliss-reactive ketones (excluding diaryl/α,β-unsaturated/α-hetero) is 1. The van der Waals surface area contributed by atoms with Gasteiger partial charge in [0, 0.05) is 43.9 Å². The Labute approximate surface area is 216 Å².